The van der Waals surface area contributed by atoms with Gasteiger partial charge in [0, 0.05) is 26.8 Å². The summed E-state index contributed by atoms with van der Waals surface area (Å²) in [5, 5.41) is 8.26. The molecule has 84 valence electrons. The first-order chi connectivity index (χ1) is 7.13. The first kappa shape index (κ1) is 12.0. The Morgan fingerprint density at radius 3 is 2.93 bits per heavy atom. The number of aromatic nitrogens is 2. The molecule has 0 aliphatic carbocycles. The number of nitrogens with one attached hydrogen (secondary N) is 1. The second-order valence-electron chi connectivity index (χ2n) is 3.57. The molecule has 0 bridgehead atoms. The summed E-state index contributed by atoms with van der Waals surface area (Å²) in [6.07, 6.45) is 3.02. The van der Waals surface area contributed by atoms with Gasteiger partial charge < -0.3 is 10.2 Å². The Morgan fingerprint density at radius 1 is 1.67 bits per heavy atom. The molecule has 1 N–H and O–H groups in total. The SMILES string of the molecule is CCCNC(=S)N(C)Cc1ccn(C)n1. The van der Waals surface area contributed by atoms with E-state index in [1.165, 1.54) is 0 Å². The van der Waals surface area contributed by atoms with Gasteiger partial charge in [-0.3, -0.25) is 4.68 Å². The van der Waals surface area contributed by atoms with E-state index in [9.17, 15) is 0 Å². The number of hydrogen-bond acceptors (Lipinski definition) is 2. The zero-order chi connectivity index (χ0) is 11.3. The molecule has 0 fully saturated rings. The summed E-state index contributed by atoms with van der Waals surface area (Å²) in [6, 6.07) is 2.00. The Balaban J connectivity index is 2.41. The van der Waals surface area contributed by atoms with Crippen LogP contribution in [0.3, 0.4) is 0 Å². The van der Waals surface area contributed by atoms with Gasteiger partial charge in [-0.2, -0.15) is 5.10 Å². The first-order valence-corrected chi connectivity index (χ1v) is 5.51. The van der Waals surface area contributed by atoms with E-state index in [0.717, 1.165) is 30.3 Å². The fraction of sp³-hybridized carbons (Fsp3) is 0.600. The highest BCUT2D eigenvalue weighted by molar-refractivity contribution is 7.80. The molecule has 4 nitrogen and oxygen atoms in total. The molecule has 1 heterocycles. The fourth-order valence-electron chi connectivity index (χ4n) is 1.23. The van der Waals surface area contributed by atoms with Crippen molar-refractivity contribution in [3.8, 4) is 0 Å². The van der Waals surface area contributed by atoms with E-state index in [0.29, 0.717) is 0 Å². The van der Waals surface area contributed by atoms with Crippen LogP contribution in [0.15, 0.2) is 12.3 Å². The van der Waals surface area contributed by atoms with E-state index in [4.69, 9.17) is 12.2 Å². The van der Waals surface area contributed by atoms with Gasteiger partial charge in [0.2, 0.25) is 0 Å². The van der Waals surface area contributed by atoms with Gasteiger partial charge in [0.15, 0.2) is 5.11 Å². The van der Waals surface area contributed by atoms with Gasteiger partial charge in [0.05, 0.1) is 12.2 Å². The van der Waals surface area contributed by atoms with Crippen LogP contribution in [0.1, 0.15) is 19.0 Å². The molecule has 0 saturated heterocycles. The number of rotatable bonds is 4. The molecule has 0 aromatic carbocycles. The van der Waals surface area contributed by atoms with E-state index in [1.807, 2.05) is 31.3 Å². The Kier molecular flexibility index (Phi) is 4.55. The normalized spacial score (nSPS) is 10.1. The third kappa shape index (κ3) is 3.87. The van der Waals surface area contributed by atoms with Crippen LogP contribution in [0.25, 0.3) is 0 Å². The summed E-state index contributed by atoms with van der Waals surface area (Å²) in [5.74, 6) is 0. The summed E-state index contributed by atoms with van der Waals surface area (Å²) < 4.78 is 1.80. The molecule has 0 atom stereocenters. The predicted octanol–water partition coefficient (Wildman–Crippen LogP) is 1.14. The maximum atomic E-state index is 5.23. The number of aryl methyl sites for hydroxylation is 1. The van der Waals surface area contributed by atoms with Crippen LogP contribution >= 0.6 is 12.2 Å². The van der Waals surface area contributed by atoms with Gasteiger partial charge in [-0.15, -0.1) is 0 Å². The van der Waals surface area contributed by atoms with Crippen molar-refractivity contribution >= 4 is 17.3 Å². The van der Waals surface area contributed by atoms with Crippen LogP contribution in [-0.2, 0) is 13.6 Å². The zero-order valence-electron chi connectivity index (χ0n) is 9.53. The van der Waals surface area contributed by atoms with E-state index in [-0.39, 0.29) is 0 Å². The predicted molar refractivity (Wildman–Crippen MR) is 65.6 cm³/mol. The van der Waals surface area contributed by atoms with Gasteiger partial charge in [0.1, 0.15) is 0 Å². The van der Waals surface area contributed by atoms with Crippen molar-refractivity contribution in [3.63, 3.8) is 0 Å². The maximum Gasteiger partial charge on any atom is 0.169 e. The van der Waals surface area contributed by atoms with Crippen LogP contribution < -0.4 is 5.32 Å². The molecule has 0 amide bonds. The molecule has 0 saturated carbocycles. The highest BCUT2D eigenvalue weighted by atomic mass is 32.1. The quantitative estimate of drug-likeness (QED) is 0.780. The Labute approximate surface area is 96.3 Å². The molecule has 1 aromatic heterocycles. The third-order valence-electron chi connectivity index (χ3n) is 2.04. The van der Waals surface area contributed by atoms with Crippen molar-refractivity contribution in [2.75, 3.05) is 13.6 Å². The Bertz CT molecular complexity index is 321. The minimum absolute atomic E-state index is 0.746. The Hall–Kier alpha value is -1.10. The molecular formula is C10H18N4S. The van der Waals surface area contributed by atoms with Crippen LogP contribution in [0, 0.1) is 0 Å². The van der Waals surface area contributed by atoms with E-state index in [1.54, 1.807) is 4.68 Å². The van der Waals surface area contributed by atoms with Crippen molar-refractivity contribution < 1.29 is 0 Å². The second kappa shape index (κ2) is 5.70. The lowest BCUT2D eigenvalue weighted by atomic mass is 10.4. The van der Waals surface area contributed by atoms with Crippen molar-refractivity contribution in [2.45, 2.75) is 19.9 Å². The van der Waals surface area contributed by atoms with Crippen LogP contribution in [0.5, 0.6) is 0 Å². The van der Waals surface area contributed by atoms with E-state index < -0.39 is 0 Å². The number of nitrogens with zero attached hydrogens (tertiary/aromatic N) is 3. The molecule has 5 heteroatoms. The van der Waals surface area contributed by atoms with E-state index >= 15 is 0 Å². The van der Waals surface area contributed by atoms with Crippen LogP contribution in [0.2, 0.25) is 0 Å². The summed E-state index contributed by atoms with van der Waals surface area (Å²) in [5.41, 5.74) is 1.03. The van der Waals surface area contributed by atoms with Gasteiger partial charge in [0.25, 0.3) is 0 Å². The van der Waals surface area contributed by atoms with Crippen LogP contribution in [0.4, 0.5) is 0 Å². The summed E-state index contributed by atoms with van der Waals surface area (Å²) in [4.78, 5) is 1.99. The molecule has 0 unspecified atom stereocenters. The minimum atomic E-state index is 0.746. The van der Waals surface area contributed by atoms with E-state index in [2.05, 4.69) is 17.3 Å². The van der Waals surface area contributed by atoms with Crippen LogP contribution in [-0.4, -0.2) is 33.4 Å². The average molecular weight is 226 g/mol. The molecule has 15 heavy (non-hydrogen) atoms. The molecule has 0 aliphatic heterocycles. The fourth-order valence-corrected chi connectivity index (χ4v) is 1.40. The van der Waals surface area contributed by atoms with Gasteiger partial charge in [-0.05, 0) is 24.7 Å². The molecule has 0 spiro atoms. The second-order valence-corrected chi connectivity index (χ2v) is 3.96. The maximum absolute atomic E-state index is 5.23. The van der Waals surface area contributed by atoms with Gasteiger partial charge in [-0.1, -0.05) is 6.92 Å². The molecule has 0 aliphatic rings. The van der Waals surface area contributed by atoms with Crippen molar-refractivity contribution in [1.82, 2.24) is 20.0 Å². The first-order valence-electron chi connectivity index (χ1n) is 5.11. The van der Waals surface area contributed by atoms with Crippen molar-refractivity contribution in [3.05, 3.63) is 18.0 Å². The lowest BCUT2D eigenvalue weighted by Gasteiger charge is -2.19. The Morgan fingerprint density at radius 2 is 2.40 bits per heavy atom. The largest absolute Gasteiger partial charge is 0.363 e. The topological polar surface area (TPSA) is 33.1 Å². The summed E-state index contributed by atoms with van der Waals surface area (Å²) >= 11 is 5.23. The molecule has 1 aromatic rings. The lowest BCUT2D eigenvalue weighted by Crippen LogP contribution is -2.36. The highest BCUT2D eigenvalue weighted by Crippen LogP contribution is 1.99. The van der Waals surface area contributed by atoms with Crippen molar-refractivity contribution in [1.29, 1.82) is 0 Å². The van der Waals surface area contributed by atoms with Gasteiger partial charge >= 0.3 is 0 Å². The average Bonchev–Trinajstić information content (AvgIpc) is 2.60. The molecule has 0 radical (unpaired) electrons. The smallest absolute Gasteiger partial charge is 0.169 e. The molecule has 1 rings (SSSR count). The summed E-state index contributed by atoms with van der Waals surface area (Å²) in [7, 11) is 3.89. The minimum Gasteiger partial charge on any atom is -0.363 e. The lowest BCUT2D eigenvalue weighted by molar-refractivity contribution is 0.477. The summed E-state index contributed by atoms with van der Waals surface area (Å²) in [6.45, 7) is 3.79. The van der Waals surface area contributed by atoms with Crippen molar-refractivity contribution in [2.24, 2.45) is 7.05 Å². The number of thiocarbonyl (C=S) groups is 1. The highest BCUT2D eigenvalue weighted by Gasteiger charge is 2.05. The third-order valence-corrected chi connectivity index (χ3v) is 2.50. The van der Waals surface area contributed by atoms with Gasteiger partial charge in [-0.25, -0.2) is 0 Å². The number of hydrogen-bond donors (Lipinski definition) is 1. The molecular weight excluding hydrogens is 208 g/mol. The monoisotopic (exact) mass is 226 g/mol. The zero-order valence-corrected chi connectivity index (χ0v) is 10.3. The standard InChI is InChI=1S/C10H18N4S/c1-4-6-11-10(15)13(2)8-9-5-7-14(3)12-9/h5,7H,4,6,8H2,1-3H3,(H,11,15).